The maximum Gasteiger partial charge on any atom is 0.265 e. The van der Waals surface area contributed by atoms with E-state index in [4.69, 9.17) is 15.0 Å². The van der Waals surface area contributed by atoms with E-state index in [0.29, 0.717) is 22.2 Å². The number of fused-ring (bicyclic) bond motifs is 4. The molecule has 0 amide bonds. The first-order valence-corrected chi connectivity index (χ1v) is 10.9. The summed E-state index contributed by atoms with van der Waals surface area (Å²) in [5.74, 6) is 0.755. The van der Waals surface area contributed by atoms with Gasteiger partial charge in [0.05, 0.1) is 11.0 Å². The van der Waals surface area contributed by atoms with Crippen LogP contribution < -0.4 is 5.56 Å². The average molecular weight is 409 g/mol. The molecule has 0 atom stereocenters. The van der Waals surface area contributed by atoms with E-state index in [1.807, 2.05) is 52.5 Å². The van der Waals surface area contributed by atoms with Gasteiger partial charge in [0.1, 0.15) is 16.7 Å². The van der Waals surface area contributed by atoms with Gasteiger partial charge in [-0.1, -0.05) is 42.7 Å². The van der Waals surface area contributed by atoms with Crippen LogP contribution in [0.3, 0.4) is 0 Å². The van der Waals surface area contributed by atoms with Gasteiger partial charge in [0, 0.05) is 11.7 Å². The summed E-state index contributed by atoms with van der Waals surface area (Å²) >= 11 is 0. The molecule has 1 saturated carbocycles. The molecular formula is C25H23N5O. The van der Waals surface area contributed by atoms with Crippen LogP contribution in [0.2, 0.25) is 0 Å². The van der Waals surface area contributed by atoms with Gasteiger partial charge >= 0.3 is 0 Å². The second-order valence-electron chi connectivity index (χ2n) is 8.53. The first kappa shape index (κ1) is 18.2. The fourth-order valence-electron chi connectivity index (χ4n) is 4.94. The molecule has 0 spiro atoms. The summed E-state index contributed by atoms with van der Waals surface area (Å²) in [4.78, 5) is 28.6. The highest BCUT2D eigenvalue weighted by Crippen LogP contribution is 2.32. The van der Waals surface area contributed by atoms with Crippen molar-refractivity contribution in [3.05, 3.63) is 70.3 Å². The number of para-hydroxylation sites is 2. The van der Waals surface area contributed by atoms with E-state index in [0.717, 1.165) is 48.2 Å². The Kier molecular flexibility index (Phi) is 3.96. The summed E-state index contributed by atoms with van der Waals surface area (Å²) in [5, 5.41) is 0.561. The Hall–Kier alpha value is -3.54. The summed E-state index contributed by atoms with van der Waals surface area (Å²) in [6, 6.07) is 16.2. The lowest BCUT2D eigenvalue weighted by molar-refractivity contribution is 0.485. The van der Waals surface area contributed by atoms with Crippen molar-refractivity contribution >= 4 is 33.2 Å². The molecule has 0 unspecified atom stereocenters. The second kappa shape index (κ2) is 6.74. The summed E-state index contributed by atoms with van der Waals surface area (Å²) in [5.41, 5.74) is 5.61. The topological polar surface area (TPSA) is 65.6 Å². The molecular weight excluding hydrogens is 386 g/mol. The van der Waals surface area contributed by atoms with Crippen molar-refractivity contribution in [2.24, 2.45) is 0 Å². The van der Waals surface area contributed by atoms with Crippen molar-refractivity contribution in [1.82, 2.24) is 24.1 Å². The quantitative estimate of drug-likeness (QED) is 0.411. The summed E-state index contributed by atoms with van der Waals surface area (Å²) in [6.07, 6.45) is 4.37. The molecule has 6 nitrogen and oxygen atoms in total. The summed E-state index contributed by atoms with van der Waals surface area (Å²) in [6.45, 7) is 4.00. The lowest BCUT2D eigenvalue weighted by atomic mass is 10.2. The van der Waals surface area contributed by atoms with Gasteiger partial charge in [-0.2, -0.15) is 0 Å². The molecule has 1 aliphatic carbocycles. The van der Waals surface area contributed by atoms with Crippen molar-refractivity contribution in [1.29, 1.82) is 0 Å². The van der Waals surface area contributed by atoms with Crippen LogP contribution in [0.1, 0.15) is 43.1 Å². The Balaban J connectivity index is 1.79. The highest BCUT2D eigenvalue weighted by atomic mass is 16.1. The molecule has 1 aliphatic rings. The Morgan fingerprint density at radius 1 is 0.839 bits per heavy atom. The SMILES string of the molecule is Cc1ccc(-n2c3nc4ccccc4nc3c3c(=O)n(C4CCCC4)c(C)nc32)cc1. The average Bonchev–Trinajstić information content (AvgIpc) is 3.39. The van der Waals surface area contributed by atoms with E-state index in [1.54, 1.807) is 0 Å². The van der Waals surface area contributed by atoms with E-state index in [2.05, 4.69) is 19.1 Å². The molecule has 3 heterocycles. The van der Waals surface area contributed by atoms with Gasteiger partial charge in [-0.05, 0) is 51.0 Å². The van der Waals surface area contributed by atoms with Gasteiger partial charge in [0.15, 0.2) is 11.3 Å². The molecule has 0 N–H and O–H groups in total. The van der Waals surface area contributed by atoms with Gasteiger partial charge in [-0.15, -0.1) is 0 Å². The lowest BCUT2D eigenvalue weighted by Crippen LogP contribution is -2.27. The Bertz CT molecular complexity index is 1520. The molecule has 3 aromatic heterocycles. The molecule has 154 valence electrons. The normalized spacial score (nSPS) is 14.9. The first-order chi connectivity index (χ1) is 15.1. The number of nitrogens with zero attached hydrogens (tertiary/aromatic N) is 5. The van der Waals surface area contributed by atoms with Crippen molar-refractivity contribution < 1.29 is 0 Å². The third-order valence-corrected chi connectivity index (χ3v) is 6.47. The monoisotopic (exact) mass is 409 g/mol. The second-order valence-corrected chi connectivity index (χ2v) is 8.53. The molecule has 5 aromatic rings. The fraction of sp³-hybridized carbons (Fsp3) is 0.280. The Morgan fingerprint density at radius 3 is 2.23 bits per heavy atom. The zero-order valence-corrected chi connectivity index (χ0v) is 17.7. The Labute approximate surface area is 179 Å². The lowest BCUT2D eigenvalue weighted by Gasteiger charge is -2.16. The molecule has 0 saturated heterocycles. The predicted molar refractivity (Wildman–Crippen MR) is 123 cm³/mol. The predicted octanol–water partition coefficient (Wildman–Crippen LogP) is 5.02. The van der Waals surface area contributed by atoms with Crippen molar-refractivity contribution in [3.8, 4) is 5.69 Å². The van der Waals surface area contributed by atoms with E-state index in [-0.39, 0.29) is 11.6 Å². The Morgan fingerprint density at radius 2 is 1.52 bits per heavy atom. The van der Waals surface area contributed by atoms with Gasteiger partial charge < -0.3 is 0 Å². The van der Waals surface area contributed by atoms with Gasteiger partial charge in [0.2, 0.25) is 0 Å². The van der Waals surface area contributed by atoms with Crippen LogP contribution in [-0.2, 0) is 0 Å². The van der Waals surface area contributed by atoms with E-state index in [1.165, 1.54) is 5.56 Å². The third kappa shape index (κ3) is 2.71. The fourth-order valence-corrected chi connectivity index (χ4v) is 4.94. The zero-order valence-electron chi connectivity index (χ0n) is 17.7. The number of benzene rings is 2. The number of rotatable bonds is 2. The number of hydrogen-bond acceptors (Lipinski definition) is 4. The highest BCUT2D eigenvalue weighted by molar-refractivity contribution is 6.05. The molecule has 0 bridgehead atoms. The van der Waals surface area contributed by atoms with Crippen molar-refractivity contribution in [3.63, 3.8) is 0 Å². The van der Waals surface area contributed by atoms with Crippen molar-refractivity contribution in [2.45, 2.75) is 45.6 Å². The smallest absolute Gasteiger partial charge is 0.265 e. The molecule has 6 heteroatoms. The van der Waals surface area contributed by atoms with Gasteiger partial charge in [-0.25, -0.2) is 15.0 Å². The zero-order chi connectivity index (χ0) is 21.1. The van der Waals surface area contributed by atoms with Crippen molar-refractivity contribution in [2.75, 3.05) is 0 Å². The van der Waals surface area contributed by atoms with Gasteiger partial charge in [0.25, 0.3) is 5.56 Å². The van der Waals surface area contributed by atoms with E-state index >= 15 is 0 Å². The highest BCUT2D eigenvalue weighted by Gasteiger charge is 2.26. The van der Waals surface area contributed by atoms with Crippen LogP contribution in [0.4, 0.5) is 0 Å². The largest absolute Gasteiger partial charge is 0.293 e. The maximum atomic E-state index is 13.8. The molecule has 6 rings (SSSR count). The minimum absolute atomic E-state index is 0.00478. The van der Waals surface area contributed by atoms with Crippen LogP contribution in [-0.4, -0.2) is 24.1 Å². The van der Waals surface area contributed by atoms with Crippen LogP contribution >= 0.6 is 0 Å². The van der Waals surface area contributed by atoms with Crippen LogP contribution in [0.25, 0.3) is 38.9 Å². The van der Waals surface area contributed by atoms with E-state index in [9.17, 15) is 4.79 Å². The standard InChI is InChI=1S/C25H23N5O/c1-15-11-13-18(14-12-15)30-23-21(22-24(30)28-20-10-6-5-9-19(20)27-22)25(31)29(16(2)26-23)17-7-3-4-8-17/h5-6,9-14,17H,3-4,7-8H2,1-2H3. The van der Waals surface area contributed by atoms with E-state index < -0.39 is 0 Å². The summed E-state index contributed by atoms with van der Waals surface area (Å²) < 4.78 is 3.88. The maximum absolute atomic E-state index is 13.8. The molecule has 0 aliphatic heterocycles. The van der Waals surface area contributed by atoms with Gasteiger partial charge in [-0.3, -0.25) is 13.9 Å². The van der Waals surface area contributed by atoms with Crippen LogP contribution in [0.15, 0.2) is 53.3 Å². The number of hydrogen-bond donors (Lipinski definition) is 0. The number of aryl methyl sites for hydroxylation is 2. The molecule has 1 fully saturated rings. The number of aromatic nitrogens is 5. The first-order valence-electron chi connectivity index (χ1n) is 10.9. The molecule has 0 radical (unpaired) electrons. The minimum Gasteiger partial charge on any atom is -0.293 e. The minimum atomic E-state index is -0.00478. The van der Waals surface area contributed by atoms with Crippen LogP contribution in [0.5, 0.6) is 0 Å². The molecule has 31 heavy (non-hydrogen) atoms. The third-order valence-electron chi connectivity index (χ3n) is 6.47. The summed E-state index contributed by atoms with van der Waals surface area (Å²) in [7, 11) is 0. The van der Waals surface area contributed by atoms with Crippen LogP contribution in [0, 0.1) is 13.8 Å². The molecule has 2 aromatic carbocycles.